The molecule has 1 heterocycles. The van der Waals surface area contributed by atoms with Gasteiger partial charge in [-0.3, -0.25) is 4.79 Å². The number of fused-ring (bicyclic) bond motifs is 1. The van der Waals surface area contributed by atoms with E-state index in [0.29, 0.717) is 23.7 Å². The molecule has 2 aromatic carbocycles. The van der Waals surface area contributed by atoms with Crippen LogP contribution in [0.4, 0.5) is 15.8 Å². The first kappa shape index (κ1) is 13.4. The van der Waals surface area contributed by atoms with E-state index >= 15 is 0 Å². The van der Waals surface area contributed by atoms with E-state index in [1.54, 1.807) is 29.2 Å². The normalized spacial score (nSPS) is 13.8. The molecule has 0 bridgehead atoms. The van der Waals surface area contributed by atoms with E-state index in [9.17, 15) is 9.18 Å². The summed E-state index contributed by atoms with van der Waals surface area (Å²) in [4.78, 5) is 13.7. The fourth-order valence-corrected chi connectivity index (χ4v) is 2.37. The maximum absolute atomic E-state index is 13.4. The number of nitrogen functional groups attached to an aromatic ring is 1. The molecule has 1 amide bonds. The van der Waals surface area contributed by atoms with Crippen molar-refractivity contribution < 1.29 is 13.9 Å². The molecule has 21 heavy (non-hydrogen) atoms. The summed E-state index contributed by atoms with van der Waals surface area (Å²) in [5.74, 6) is 0.124. The molecule has 4 nitrogen and oxygen atoms in total. The third-order valence-electron chi connectivity index (χ3n) is 3.57. The number of hydrogen-bond acceptors (Lipinski definition) is 3. The predicted molar refractivity (Wildman–Crippen MR) is 78.7 cm³/mol. The van der Waals surface area contributed by atoms with E-state index in [4.69, 9.17) is 10.5 Å². The Balaban J connectivity index is 2.00. The van der Waals surface area contributed by atoms with Gasteiger partial charge in [-0.15, -0.1) is 0 Å². The van der Waals surface area contributed by atoms with E-state index in [2.05, 4.69) is 0 Å². The van der Waals surface area contributed by atoms with Crippen molar-refractivity contribution >= 4 is 17.3 Å². The maximum atomic E-state index is 13.4. The molecule has 0 saturated carbocycles. The van der Waals surface area contributed by atoms with Crippen molar-refractivity contribution in [3.8, 4) is 5.75 Å². The van der Waals surface area contributed by atoms with E-state index < -0.39 is 0 Å². The summed E-state index contributed by atoms with van der Waals surface area (Å²) in [6.45, 7) is 2.16. The molecule has 2 N–H and O–H groups in total. The van der Waals surface area contributed by atoms with E-state index in [-0.39, 0.29) is 18.3 Å². The Kier molecular flexibility index (Phi) is 3.25. The molecule has 3 rings (SSSR count). The summed E-state index contributed by atoms with van der Waals surface area (Å²) >= 11 is 0. The largest absolute Gasteiger partial charge is 0.482 e. The Morgan fingerprint density at radius 1 is 1.29 bits per heavy atom. The van der Waals surface area contributed by atoms with Gasteiger partial charge in [-0.2, -0.15) is 0 Å². The Morgan fingerprint density at radius 2 is 2.10 bits per heavy atom. The molecule has 2 aromatic rings. The van der Waals surface area contributed by atoms with Gasteiger partial charge in [0.2, 0.25) is 0 Å². The highest BCUT2D eigenvalue weighted by molar-refractivity contribution is 5.98. The van der Waals surface area contributed by atoms with Gasteiger partial charge in [-0.05, 0) is 48.4 Å². The topological polar surface area (TPSA) is 55.6 Å². The van der Waals surface area contributed by atoms with Crippen LogP contribution in [0.25, 0.3) is 0 Å². The van der Waals surface area contributed by atoms with Crippen LogP contribution in [-0.4, -0.2) is 12.5 Å². The van der Waals surface area contributed by atoms with Gasteiger partial charge in [0.25, 0.3) is 5.91 Å². The van der Waals surface area contributed by atoms with Crippen LogP contribution in [0.2, 0.25) is 0 Å². The van der Waals surface area contributed by atoms with Gasteiger partial charge < -0.3 is 15.4 Å². The third kappa shape index (κ3) is 2.54. The van der Waals surface area contributed by atoms with Crippen LogP contribution < -0.4 is 15.4 Å². The minimum Gasteiger partial charge on any atom is -0.482 e. The first-order valence-corrected chi connectivity index (χ1v) is 6.62. The summed E-state index contributed by atoms with van der Waals surface area (Å²) in [6.07, 6.45) is 0. The van der Waals surface area contributed by atoms with Gasteiger partial charge >= 0.3 is 0 Å². The van der Waals surface area contributed by atoms with E-state index in [0.717, 1.165) is 11.1 Å². The van der Waals surface area contributed by atoms with Crippen LogP contribution in [-0.2, 0) is 11.3 Å². The molecule has 0 fully saturated rings. The highest BCUT2D eigenvalue weighted by Crippen LogP contribution is 2.35. The number of nitrogens with two attached hydrogens (primary N) is 1. The van der Waals surface area contributed by atoms with Crippen molar-refractivity contribution in [1.82, 2.24) is 0 Å². The second kappa shape index (κ2) is 5.09. The van der Waals surface area contributed by atoms with Gasteiger partial charge in [0.15, 0.2) is 6.61 Å². The van der Waals surface area contributed by atoms with Crippen LogP contribution in [0, 0.1) is 12.7 Å². The van der Waals surface area contributed by atoms with Crippen LogP contribution in [0.15, 0.2) is 36.4 Å². The van der Waals surface area contributed by atoms with Crippen molar-refractivity contribution in [2.24, 2.45) is 0 Å². The molecular weight excluding hydrogens is 271 g/mol. The number of benzene rings is 2. The molecule has 5 heteroatoms. The number of carbonyl (C=O) groups is 1. The molecule has 0 saturated heterocycles. The number of hydrogen-bond donors (Lipinski definition) is 1. The minimum absolute atomic E-state index is 0.0225. The van der Waals surface area contributed by atoms with Crippen molar-refractivity contribution in [3.05, 3.63) is 53.3 Å². The zero-order valence-corrected chi connectivity index (χ0v) is 11.6. The van der Waals surface area contributed by atoms with Gasteiger partial charge in [0, 0.05) is 5.69 Å². The Hall–Kier alpha value is -2.56. The first-order valence-electron chi connectivity index (χ1n) is 6.62. The van der Waals surface area contributed by atoms with E-state index in [1.165, 1.54) is 12.1 Å². The highest BCUT2D eigenvalue weighted by atomic mass is 19.1. The van der Waals surface area contributed by atoms with Crippen molar-refractivity contribution in [3.63, 3.8) is 0 Å². The van der Waals surface area contributed by atoms with Gasteiger partial charge in [-0.25, -0.2) is 4.39 Å². The Morgan fingerprint density at radius 3 is 2.90 bits per heavy atom. The number of amides is 1. The number of rotatable bonds is 2. The van der Waals surface area contributed by atoms with Crippen LogP contribution in [0.5, 0.6) is 5.75 Å². The third-order valence-corrected chi connectivity index (χ3v) is 3.57. The molecule has 0 radical (unpaired) electrons. The molecule has 1 aliphatic heterocycles. The summed E-state index contributed by atoms with van der Waals surface area (Å²) in [5.41, 5.74) is 8.65. The lowest BCUT2D eigenvalue weighted by Crippen LogP contribution is -2.38. The minimum atomic E-state index is -0.316. The second-order valence-corrected chi connectivity index (χ2v) is 5.07. The summed E-state index contributed by atoms with van der Waals surface area (Å²) in [7, 11) is 0. The SMILES string of the molecule is Cc1ccc(F)cc1CN1C(=O)COc2ccc(N)cc21. The number of aryl methyl sites for hydroxylation is 1. The van der Waals surface area contributed by atoms with E-state index in [1.807, 2.05) is 6.92 Å². The lowest BCUT2D eigenvalue weighted by atomic mass is 10.1. The first-order chi connectivity index (χ1) is 10.0. The van der Waals surface area contributed by atoms with Crippen molar-refractivity contribution in [2.75, 3.05) is 17.2 Å². The summed E-state index contributed by atoms with van der Waals surface area (Å²) in [5, 5.41) is 0. The van der Waals surface area contributed by atoms with Gasteiger partial charge in [0.05, 0.1) is 12.2 Å². The molecule has 0 aliphatic carbocycles. The fraction of sp³-hybridized carbons (Fsp3) is 0.188. The molecule has 108 valence electrons. The average Bonchev–Trinajstić information content (AvgIpc) is 2.46. The zero-order valence-electron chi connectivity index (χ0n) is 11.6. The monoisotopic (exact) mass is 286 g/mol. The highest BCUT2D eigenvalue weighted by Gasteiger charge is 2.26. The molecule has 0 spiro atoms. The van der Waals surface area contributed by atoms with Crippen LogP contribution in [0.3, 0.4) is 0 Å². The van der Waals surface area contributed by atoms with Gasteiger partial charge in [-0.1, -0.05) is 6.07 Å². The number of ether oxygens (including phenoxy) is 1. The Labute approximate surface area is 121 Å². The second-order valence-electron chi connectivity index (χ2n) is 5.07. The number of nitrogens with zero attached hydrogens (tertiary/aromatic N) is 1. The average molecular weight is 286 g/mol. The van der Waals surface area contributed by atoms with Crippen molar-refractivity contribution in [2.45, 2.75) is 13.5 Å². The molecule has 1 aliphatic rings. The van der Waals surface area contributed by atoms with Crippen LogP contribution in [0.1, 0.15) is 11.1 Å². The summed E-state index contributed by atoms with van der Waals surface area (Å²) in [6, 6.07) is 9.72. The molecule has 0 atom stereocenters. The molecule has 0 aromatic heterocycles. The summed E-state index contributed by atoms with van der Waals surface area (Å²) < 4.78 is 18.8. The molecule has 0 unspecified atom stereocenters. The quantitative estimate of drug-likeness (QED) is 0.863. The fourth-order valence-electron chi connectivity index (χ4n) is 2.37. The Bertz CT molecular complexity index is 715. The number of halogens is 1. The predicted octanol–water partition coefficient (Wildman–Crippen LogP) is 2.64. The maximum Gasteiger partial charge on any atom is 0.265 e. The van der Waals surface area contributed by atoms with Gasteiger partial charge in [0.1, 0.15) is 11.6 Å². The van der Waals surface area contributed by atoms with Crippen LogP contribution >= 0.6 is 0 Å². The number of anilines is 2. The zero-order chi connectivity index (χ0) is 15.0. The lowest BCUT2D eigenvalue weighted by molar-refractivity contribution is -0.121. The van der Waals surface area contributed by atoms with Crippen molar-refractivity contribution in [1.29, 1.82) is 0 Å². The smallest absolute Gasteiger partial charge is 0.265 e. The number of carbonyl (C=O) groups excluding carboxylic acids is 1. The molecular formula is C16H15FN2O2. The standard InChI is InChI=1S/C16H15FN2O2/c1-10-2-3-12(17)6-11(10)8-19-14-7-13(18)4-5-15(14)21-9-16(19)20/h2-7H,8-9,18H2,1H3. The lowest BCUT2D eigenvalue weighted by Gasteiger charge is -2.30.